The standard InChI is InChI=1S/C25H26N4O4S/c1-32-22-11-10-19(23(14-22)33-2)15-26-24(30)18-34(31)17-20-16-27-29(21-8-4-3-5-9-21)25(20)28-12-6-7-13-28/h3-14,16H,15,17-18H2,1-2H3,(H,26,30)/t34-/m0/s1. The molecule has 0 fully saturated rings. The summed E-state index contributed by atoms with van der Waals surface area (Å²) in [6.45, 7) is 0.268. The molecule has 0 aliphatic carbocycles. The van der Waals surface area contributed by atoms with E-state index in [1.165, 1.54) is 0 Å². The van der Waals surface area contributed by atoms with Crippen LogP contribution in [0.2, 0.25) is 0 Å². The van der Waals surface area contributed by atoms with Crippen molar-refractivity contribution in [1.82, 2.24) is 19.7 Å². The number of para-hydroxylation sites is 1. The lowest BCUT2D eigenvalue weighted by atomic mass is 10.2. The molecule has 9 heteroatoms. The number of hydrogen-bond donors (Lipinski definition) is 1. The summed E-state index contributed by atoms with van der Waals surface area (Å²) < 4.78 is 27.2. The van der Waals surface area contributed by atoms with Gasteiger partial charge in [-0.05, 0) is 36.4 Å². The molecular weight excluding hydrogens is 452 g/mol. The van der Waals surface area contributed by atoms with Crippen LogP contribution in [0.5, 0.6) is 11.5 Å². The molecule has 0 saturated heterocycles. The molecule has 0 bridgehead atoms. The molecule has 2 aromatic heterocycles. The number of ether oxygens (including phenoxy) is 2. The van der Waals surface area contributed by atoms with E-state index < -0.39 is 10.8 Å². The molecule has 8 nitrogen and oxygen atoms in total. The number of aromatic nitrogens is 3. The van der Waals surface area contributed by atoms with Crippen LogP contribution >= 0.6 is 0 Å². The van der Waals surface area contributed by atoms with Gasteiger partial charge < -0.3 is 19.4 Å². The molecule has 2 heterocycles. The Kier molecular flexibility index (Phi) is 7.44. The molecule has 0 aliphatic heterocycles. The van der Waals surface area contributed by atoms with Crippen molar-refractivity contribution in [2.45, 2.75) is 12.3 Å². The summed E-state index contributed by atoms with van der Waals surface area (Å²) in [6, 6.07) is 19.0. The minimum Gasteiger partial charge on any atom is -0.497 e. The topological polar surface area (TPSA) is 87.4 Å². The van der Waals surface area contributed by atoms with Gasteiger partial charge in [-0.3, -0.25) is 9.00 Å². The Bertz CT molecular complexity index is 1270. The first-order chi connectivity index (χ1) is 16.6. The minimum absolute atomic E-state index is 0.111. The highest BCUT2D eigenvalue weighted by atomic mass is 32.2. The van der Waals surface area contributed by atoms with Crippen molar-refractivity contribution in [2.24, 2.45) is 0 Å². The fourth-order valence-corrected chi connectivity index (χ4v) is 4.65. The van der Waals surface area contributed by atoms with Gasteiger partial charge in [0.1, 0.15) is 23.1 Å². The van der Waals surface area contributed by atoms with Crippen LogP contribution in [0.3, 0.4) is 0 Å². The normalized spacial score (nSPS) is 11.7. The van der Waals surface area contributed by atoms with Gasteiger partial charge >= 0.3 is 0 Å². The molecule has 176 valence electrons. The first-order valence-electron chi connectivity index (χ1n) is 10.7. The Hall–Kier alpha value is -3.85. The van der Waals surface area contributed by atoms with Crippen molar-refractivity contribution in [1.29, 1.82) is 0 Å². The quantitative estimate of drug-likeness (QED) is 0.378. The van der Waals surface area contributed by atoms with Crippen molar-refractivity contribution in [3.05, 3.63) is 90.4 Å². The van der Waals surface area contributed by atoms with Crippen LogP contribution in [0.4, 0.5) is 0 Å². The summed E-state index contributed by atoms with van der Waals surface area (Å²) in [7, 11) is 1.73. The molecule has 0 saturated carbocycles. The van der Waals surface area contributed by atoms with Gasteiger partial charge in [0.05, 0.1) is 31.9 Å². The molecule has 34 heavy (non-hydrogen) atoms. The van der Waals surface area contributed by atoms with E-state index in [1.807, 2.05) is 70.2 Å². The number of methoxy groups -OCH3 is 2. The van der Waals surface area contributed by atoms with E-state index in [0.717, 1.165) is 22.6 Å². The Morgan fingerprint density at radius 2 is 1.76 bits per heavy atom. The second-order valence-electron chi connectivity index (χ2n) is 7.51. The highest BCUT2D eigenvalue weighted by molar-refractivity contribution is 7.84. The maximum atomic E-state index is 12.9. The Balaban J connectivity index is 1.43. The van der Waals surface area contributed by atoms with E-state index >= 15 is 0 Å². The molecule has 1 amide bonds. The zero-order valence-electron chi connectivity index (χ0n) is 19.0. The van der Waals surface area contributed by atoms with Gasteiger partial charge in [0.15, 0.2) is 0 Å². The van der Waals surface area contributed by atoms with E-state index in [1.54, 1.807) is 32.5 Å². The zero-order chi connectivity index (χ0) is 23.9. The molecule has 2 aromatic carbocycles. The number of carbonyl (C=O) groups is 1. The van der Waals surface area contributed by atoms with Crippen LogP contribution in [0.25, 0.3) is 11.5 Å². The lowest BCUT2D eigenvalue weighted by Crippen LogP contribution is -2.28. The van der Waals surface area contributed by atoms with Gasteiger partial charge in [-0.15, -0.1) is 0 Å². The van der Waals surface area contributed by atoms with E-state index in [9.17, 15) is 9.00 Å². The predicted molar refractivity (Wildman–Crippen MR) is 131 cm³/mol. The zero-order valence-corrected chi connectivity index (χ0v) is 19.8. The average molecular weight is 479 g/mol. The molecule has 0 unspecified atom stereocenters. The fraction of sp³-hybridized carbons (Fsp3) is 0.200. The van der Waals surface area contributed by atoms with Crippen molar-refractivity contribution < 1.29 is 18.5 Å². The lowest BCUT2D eigenvalue weighted by molar-refractivity contribution is -0.118. The number of nitrogens with one attached hydrogen (secondary N) is 1. The van der Waals surface area contributed by atoms with Crippen molar-refractivity contribution in [3.63, 3.8) is 0 Å². The molecule has 1 atom stereocenters. The molecular formula is C25H26N4O4S. The number of benzene rings is 2. The number of nitrogens with zero attached hydrogens (tertiary/aromatic N) is 3. The first-order valence-corrected chi connectivity index (χ1v) is 12.2. The third kappa shape index (κ3) is 5.37. The van der Waals surface area contributed by atoms with E-state index in [4.69, 9.17) is 9.47 Å². The third-order valence-electron chi connectivity index (χ3n) is 5.25. The lowest BCUT2D eigenvalue weighted by Gasteiger charge is -2.12. The molecule has 0 radical (unpaired) electrons. The SMILES string of the molecule is COc1ccc(CNC(=O)C[S@@](=O)Cc2cnn(-c3ccccc3)c2-n2cccc2)c(OC)c1. The summed E-state index contributed by atoms with van der Waals surface area (Å²) in [4.78, 5) is 12.5. The Morgan fingerprint density at radius 1 is 1.00 bits per heavy atom. The smallest absolute Gasteiger partial charge is 0.232 e. The maximum Gasteiger partial charge on any atom is 0.232 e. The monoisotopic (exact) mass is 478 g/mol. The number of hydrogen-bond acceptors (Lipinski definition) is 5. The average Bonchev–Trinajstić information content (AvgIpc) is 3.53. The van der Waals surface area contributed by atoms with Gasteiger partial charge in [0.2, 0.25) is 5.91 Å². The number of amides is 1. The van der Waals surface area contributed by atoms with Crippen LogP contribution in [0, 0.1) is 0 Å². The summed E-state index contributed by atoms with van der Waals surface area (Å²) in [5.41, 5.74) is 2.50. The molecule has 1 N–H and O–H groups in total. The highest BCUT2D eigenvalue weighted by Crippen LogP contribution is 2.24. The van der Waals surface area contributed by atoms with E-state index in [-0.39, 0.29) is 24.0 Å². The van der Waals surface area contributed by atoms with Crippen molar-refractivity contribution in [3.8, 4) is 23.0 Å². The molecule has 4 aromatic rings. The second kappa shape index (κ2) is 10.8. The molecule has 4 rings (SSSR count). The van der Waals surface area contributed by atoms with E-state index in [2.05, 4.69) is 10.4 Å². The maximum absolute atomic E-state index is 12.9. The highest BCUT2D eigenvalue weighted by Gasteiger charge is 2.18. The second-order valence-corrected chi connectivity index (χ2v) is 8.97. The summed E-state index contributed by atoms with van der Waals surface area (Å²) in [5, 5.41) is 7.34. The van der Waals surface area contributed by atoms with Crippen LogP contribution < -0.4 is 14.8 Å². The van der Waals surface area contributed by atoms with Crippen molar-refractivity contribution in [2.75, 3.05) is 20.0 Å². The van der Waals surface area contributed by atoms with Gasteiger partial charge in [-0.25, -0.2) is 4.68 Å². The number of carbonyl (C=O) groups excluding carboxylic acids is 1. The van der Waals surface area contributed by atoms with Gasteiger partial charge in [0.25, 0.3) is 0 Å². The largest absolute Gasteiger partial charge is 0.497 e. The van der Waals surface area contributed by atoms with Gasteiger partial charge in [-0.1, -0.05) is 18.2 Å². The summed E-state index contributed by atoms with van der Waals surface area (Å²) >= 11 is 0. The van der Waals surface area contributed by atoms with E-state index in [0.29, 0.717) is 11.5 Å². The Labute approximate surface area is 200 Å². The van der Waals surface area contributed by atoms with Crippen molar-refractivity contribution >= 4 is 16.7 Å². The predicted octanol–water partition coefficient (Wildman–Crippen LogP) is 3.25. The summed E-state index contributed by atoms with van der Waals surface area (Å²) in [6.07, 6.45) is 5.54. The molecule has 0 spiro atoms. The fourth-order valence-electron chi connectivity index (χ4n) is 3.60. The summed E-state index contributed by atoms with van der Waals surface area (Å²) in [5.74, 6) is 1.88. The van der Waals surface area contributed by atoms with Crippen LogP contribution in [0.15, 0.2) is 79.3 Å². The van der Waals surface area contributed by atoms with Gasteiger partial charge in [-0.2, -0.15) is 5.10 Å². The Morgan fingerprint density at radius 3 is 2.47 bits per heavy atom. The van der Waals surface area contributed by atoms with Crippen LogP contribution in [-0.2, 0) is 27.9 Å². The third-order valence-corrected chi connectivity index (χ3v) is 6.46. The van der Waals surface area contributed by atoms with Crippen LogP contribution in [-0.4, -0.2) is 44.4 Å². The first kappa shape index (κ1) is 23.3. The minimum atomic E-state index is -1.42. The van der Waals surface area contributed by atoms with Crippen LogP contribution in [0.1, 0.15) is 11.1 Å². The number of rotatable bonds is 10. The molecule has 0 aliphatic rings. The van der Waals surface area contributed by atoms with Gasteiger partial charge in [0, 0.05) is 46.9 Å².